The third-order valence-electron chi connectivity index (χ3n) is 3.73. The van der Waals surface area contributed by atoms with Crippen LogP contribution in [0.15, 0.2) is 58.7 Å². The zero-order valence-electron chi connectivity index (χ0n) is 14.9. The molecule has 0 aliphatic carbocycles. The van der Waals surface area contributed by atoms with Gasteiger partial charge in [-0.2, -0.15) is 10.2 Å². The van der Waals surface area contributed by atoms with E-state index in [1.54, 1.807) is 36.7 Å². The third-order valence-corrected chi connectivity index (χ3v) is 5.36. The molecule has 0 bridgehead atoms. The molecule has 0 atom stereocenters. The van der Waals surface area contributed by atoms with Crippen molar-refractivity contribution >= 4 is 93.4 Å². The van der Waals surface area contributed by atoms with Crippen LogP contribution in [0.3, 0.4) is 0 Å². The molecule has 154 valence electrons. The van der Waals surface area contributed by atoms with Crippen molar-refractivity contribution < 1.29 is 0 Å². The van der Waals surface area contributed by atoms with Gasteiger partial charge in [-0.15, -0.1) is 0 Å². The fourth-order valence-corrected chi connectivity index (χ4v) is 4.11. The summed E-state index contributed by atoms with van der Waals surface area (Å²) in [5, 5.41) is 10.7. The van der Waals surface area contributed by atoms with Crippen molar-refractivity contribution in [3.8, 4) is 0 Å². The Balaban J connectivity index is 1.61. The van der Waals surface area contributed by atoms with Gasteiger partial charge in [0, 0.05) is 10.0 Å². The van der Waals surface area contributed by atoms with E-state index in [0.717, 1.165) is 11.1 Å². The Kier molecular flexibility index (Phi) is 8.12. The number of halogens is 6. The van der Waals surface area contributed by atoms with Crippen LogP contribution in [-0.2, 0) is 0 Å². The van der Waals surface area contributed by atoms with Crippen LogP contribution in [-0.4, -0.2) is 12.4 Å². The fraction of sp³-hybridized carbons (Fsp3) is 0. The van der Waals surface area contributed by atoms with Gasteiger partial charge in [0.25, 0.3) is 0 Å². The van der Waals surface area contributed by atoms with Gasteiger partial charge in [-0.1, -0.05) is 93.9 Å². The molecule has 4 nitrogen and oxygen atoms in total. The highest BCUT2D eigenvalue weighted by Gasteiger charge is 2.07. The summed E-state index contributed by atoms with van der Waals surface area (Å²) in [5.41, 5.74) is 8.31. The molecule has 3 rings (SSSR count). The first kappa shape index (κ1) is 23.0. The van der Waals surface area contributed by atoms with Crippen molar-refractivity contribution in [1.29, 1.82) is 0 Å². The zero-order valence-corrected chi connectivity index (χ0v) is 19.5. The van der Waals surface area contributed by atoms with Crippen LogP contribution in [0.4, 0.5) is 11.4 Å². The van der Waals surface area contributed by atoms with Gasteiger partial charge in [0.05, 0.1) is 43.9 Å². The SMILES string of the molecule is Clc1cc(Cl)c(N/N=C\c2ccc(/C=N\Nc3c(Cl)cc(Cl)cc3Cl)cc2)c(Cl)c1. The minimum Gasteiger partial charge on any atom is -0.275 e. The molecule has 3 aromatic rings. The van der Waals surface area contributed by atoms with E-state index in [4.69, 9.17) is 69.6 Å². The molecule has 0 saturated heterocycles. The average molecular weight is 521 g/mol. The quantitative estimate of drug-likeness (QED) is 0.253. The van der Waals surface area contributed by atoms with Crippen molar-refractivity contribution in [3.63, 3.8) is 0 Å². The van der Waals surface area contributed by atoms with Crippen molar-refractivity contribution in [2.45, 2.75) is 0 Å². The molecule has 0 unspecified atom stereocenters. The van der Waals surface area contributed by atoms with Crippen molar-refractivity contribution in [3.05, 3.63) is 89.8 Å². The summed E-state index contributed by atoms with van der Waals surface area (Å²) in [6.07, 6.45) is 3.27. The molecule has 0 heterocycles. The number of hydrogen-bond donors (Lipinski definition) is 2. The van der Waals surface area contributed by atoms with E-state index in [0.29, 0.717) is 41.5 Å². The van der Waals surface area contributed by atoms with Crippen LogP contribution in [0.25, 0.3) is 0 Å². The summed E-state index contributed by atoms with van der Waals surface area (Å²) in [6.45, 7) is 0. The minimum absolute atomic E-state index is 0.379. The van der Waals surface area contributed by atoms with Crippen molar-refractivity contribution in [1.82, 2.24) is 0 Å². The molecule has 2 N–H and O–H groups in total. The van der Waals surface area contributed by atoms with Gasteiger partial charge in [-0.25, -0.2) is 0 Å². The Bertz CT molecular complexity index is 978. The highest BCUT2D eigenvalue weighted by atomic mass is 35.5. The molecule has 0 amide bonds. The second kappa shape index (κ2) is 10.6. The molecule has 30 heavy (non-hydrogen) atoms. The molecule has 0 saturated carbocycles. The van der Waals surface area contributed by atoms with Crippen LogP contribution >= 0.6 is 69.6 Å². The topological polar surface area (TPSA) is 48.8 Å². The molecule has 0 aromatic heterocycles. The molecule has 0 radical (unpaired) electrons. The van der Waals surface area contributed by atoms with Gasteiger partial charge < -0.3 is 0 Å². The van der Waals surface area contributed by atoms with Gasteiger partial charge in [-0.05, 0) is 35.4 Å². The Labute approximate surface area is 203 Å². The molecule has 0 aliphatic heterocycles. The second-order valence-electron chi connectivity index (χ2n) is 5.90. The molecule has 0 spiro atoms. The third kappa shape index (κ3) is 6.17. The lowest BCUT2D eigenvalue weighted by molar-refractivity contribution is 1.34. The normalized spacial score (nSPS) is 11.4. The Hall–Kier alpha value is -1.66. The van der Waals surface area contributed by atoms with E-state index in [-0.39, 0.29) is 0 Å². The number of hydrogen-bond acceptors (Lipinski definition) is 4. The highest BCUT2D eigenvalue weighted by Crippen LogP contribution is 2.34. The first-order chi connectivity index (χ1) is 14.3. The summed E-state index contributed by atoms with van der Waals surface area (Å²) in [6, 6.07) is 13.8. The molecule has 10 heteroatoms. The number of anilines is 2. The predicted octanol–water partition coefficient (Wildman–Crippen LogP) is 8.50. The summed E-state index contributed by atoms with van der Waals surface area (Å²) in [7, 11) is 0. The summed E-state index contributed by atoms with van der Waals surface area (Å²) < 4.78 is 0. The van der Waals surface area contributed by atoms with Crippen LogP contribution in [0.1, 0.15) is 11.1 Å². The van der Waals surface area contributed by atoms with Crippen LogP contribution in [0.2, 0.25) is 30.1 Å². The van der Waals surface area contributed by atoms with E-state index in [2.05, 4.69) is 21.1 Å². The maximum absolute atomic E-state index is 6.11. The van der Waals surface area contributed by atoms with Crippen molar-refractivity contribution in [2.24, 2.45) is 10.2 Å². The maximum atomic E-state index is 6.11. The van der Waals surface area contributed by atoms with Crippen molar-refractivity contribution in [2.75, 3.05) is 10.9 Å². The van der Waals surface area contributed by atoms with E-state index >= 15 is 0 Å². The first-order valence-corrected chi connectivity index (χ1v) is 10.6. The molecule has 3 aromatic carbocycles. The highest BCUT2D eigenvalue weighted by molar-refractivity contribution is 6.42. The number of nitrogens with one attached hydrogen (secondary N) is 2. The molecule has 0 aliphatic rings. The fourth-order valence-electron chi connectivity index (χ4n) is 2.31. The number of hydrazone groups is 2. The molecular formula is C20H12Cl6N4. The maximum Gasteiger partial charge on any atom is 0.0935 e. The number of nitrogens with zero attached hydrogens (tertiary/aromatic N) is 2. The minimum atomic E-state index is 0.379. The second-order valence-corrected chi connectivity index (χ2v) is 8.40. The summed E-state index contributed by atoms with van der Waals surface area (Å²) >= 11 is 36.2. The monoisotopic (exact) mass is 518 g/mol. The average Bonchev–Trinajstić information content (AvgIpc) is 2.67. The smallest absolute Gasteiger partial charge is 0.0935 e. The van der Waals surface area contributed by atoms with Gasteiger partial charge in [0.15, 0.2) is 0 Å². The van der Waals surface area contributed by atoms with E-state index in [1.165, 1.54) is 0 Å². The Morgan fingerprint density at radius 3 is 1.13 bits per heavy atom. The summed E-state index contributed by atoms with van der Waals surface area (Å²) in [5.74, 6) is 0. The van der Waals surface area contributed by atoms with Gasteiger partial charge in [0.2, 0.25) is 0 Å². The van der Waals surface area contributed by atoms with Crippen LogP contribution < -0.4 is 10.9 Å². The Morgan fingerprint density at radius 1 is 0.533 bits per heavy atom. The first-order valence-electron chi connectivity index (χ1n) is 8.31. The number of rotatable bonds is 6. The molecular weight excluding hydrogens is 509 g/mol. The van der Waals surface area contributed by atoms with Crippen LogP contribution in [0, 0.1) is 0 Å². The van der Waals surface area contributed by atoms with Gasteiger partial charge in [0.1, 0.15) is 0 Å². The summed E-state index contributed by atoms with van der Waals surface area (Å²) in [4.78, 5) is 0. The predicted molar refractivity (Wildman–Crippen MR) is 132 cm³/mol. The lowest BCUT2D eigenvalue weighted by atomic mass is 10.2. The lowest BCUT2D eigenvalue weighted by Crippen LogP contribution is -1.94. The van der Waals surface area contributed by atoms with E-state index < -0.39 is 0 Å². The largest absolute Gasteiger partial charge is 0.275 e. The van der Waals surface area contributed by atoms with Gasteiger partial charge in [-0.3, -0.25) is 10.9 Å². The lowest BCUT2D eigenvalue weighted by Gasteiger charge is -2.06. The standard InChI is InChI=1S/C20H12Cl6N4/c21-13-5-15(23)19(16(24)6-13)29-27-9-11-1-2-12(4-3-11)10-28-30-20-17(25)7-14(22)8-18(20)26/h1-10,29-30H/b27-9-,28-10-. The van der Waals surface area contributed by atoms with E-state index in [9.17, 15) is 0 Å². The van der Waals surface area contributed by atoms with Crippen LogP contribution in [0.5, 0.6) is 0 Å². The number of benzene rings is 3. The zero-order chi connectivity index (χ0) is 21.7. The molecule has 0 fully saturated rings. The van der Waals surface area contributed by atoms with Gasteiger partial charge >= 0.3 is 0 Å². The van der Waals surface area contributed by atoms with E-state index in [1.807, 2.05) is 24.3 Å². The Morgan fingerprint density at radius 2 is 0.833 bits per heavy atom.